The van der Waals surface area contributed by atoms with Crippen molar-refractivity contribution in [3.05, 3.63) is 33.6 Å². The van der Waals surface area contributed by atoms with Crippen molar-refractivity contribution in [3.63, 3.8) is 0 Å². The highest BCUT2D eigenvalue weighted by Gasteiger charge is 2.04. The Morgan fingerprint density at radius 2 is 2.36 bits per heavy atom. The minimum Gasteiger partial charge on any atom is -0.325 e. The average Bonchev–Trinajstić information content (AvgIpc) is 2.67. The molecular formula is C8H8N4OS. The number of aromatic nitrogens is 3. The van der Waals surface area contributed by atoms with E-state index in [1.54, 1.807) is 6.07 Å². The molecule has 0 saturated carbocycles. The van der Waals surface area contributed by atoms with Gasteiger partial charge in [0.1, 0.15) is 10.7 Å². The van der Waals surface area contributed by atoms with Crippen molar-refractivity contribution < 1.29 is 0 Å². The third-order valence-electron chi connectivity index (χ3n) is 1.66. The van der Waals surface area contributed by atoms with Gasteiger partial charge in [-0.05, 0) is 6.07 Å². The first-order valence-electron chi connectivity index (χ1n) is 4.00. The van der Waals surface area contributed by atoms with Gasteiger partial charge in [-0.15, -0.1) is 11.3 Å². The number of hydrogen-bond donors (Lipinski definition) is 2. The van der Waals surface area contributed by atoms with E-state index in [0.29, 0.717) is 12.2 Å². The van der Waals surface area contributed by atoms with Crippen molar-refractivity contribution >= 4 is 11.3 Å². The van der Waals surface area contributed by atoms with Crippen LogP contribution >= 0.6 is 11.3 Å². The van der Waals surface area contributed by atoms with E-state index in [1.807, 2.05) is 5.38 Å². The summed E-state index contributed by atoms with van der Waals surface area (Å²) < 4.78 is 0. The molecule has 72 valence electrons. The number of aromatic amines is 1. The Labute approximate surface area is 83.6 Å². The van der Waals surface area contributed by atoms with E-state index in [-0.39, 0.29) is 5.56 Å². The van der Waals surface area contributed by atoms with E-state index >= 15 is 0 Å². The van der Waals surface area contributed by atoms with Crippen LogP contribution in [0.3, 0.4) is 0 Å². The Morgan fingerprint density at radius 3 is 2.93 bits per heavy atom. The number of thiazole rings is 1. The maximum Gasteiger partial charge on any atom is 0.264 e. The second-order valence-electron chi connectivity index (χ2n) is 2.65. The molecule has 5 nitrogen and oxygen atoms in total. The van der Waals surface area contributed by atoms with Gasteiger partial charge in [0.25, 0.3) is 5.56 Å². The molecule has 0 atom stereocenters. The Hall–Kier alpha value is -1.53. The Bertz CT molecular complexity index is 470. The van der Waals surface area contributed by atoms with Gasteiger partial charge in [0.05, 0.1) is 5.69 Å². The van der Waals surface area contributed by atoms with E-state index in [2.05, 4.69) is 15.2 Å². The number of hydrogen-bond acceptors (Lipinski definition) is 5. The van der Waals surface area contributed by atoms with E-state index in [4.69, 9.17) is 5.73 Å². The molecule has 0 fully saturated rings. The van der Waals surface area contributed by atoms with E-state index in [1.165, 1.54) is 17.4 Å². The summed E-state index contributed by atoms with van der Waals surface area (Å²) in [4.78, 5) is 15.0. The van der Waals surface area contributed by atoms with E-state index in [0.717, 1.165) is 10.7 Å². The van der Waals surface area contributed by atoms with E-state index in [9.17, 15) is 4.79 Å². The summed E-state index contributed by atoms with van der Waals surface area (Å²) in [5.74, 6) is 0. The Kier molecular flexibility index (Phi) is 2.38. The molecule has 0 aliphatic heterocycles. The quantitative estimate of drug-likeness (QED) is 0.745. The molecule has 0 spiro atoms. The van der Waals surface area contributed by atoms with Crippen LogP contribution in [0.15, 0.2) is 22.3 Å². The molecule has 2 rings (SSSR count). The topological polar surface area (TPSA) is 84.7 Å². The van der Waals surface area contributed by atoms with Crippen LogP contribution in [0.5, 0.6) is 0 Å². The first-order valence-corrected chi connectivity index (χ1v) is 4.88. The van der Waals surface area contributed by atoms with Crippen LogP contribution in [-0.4, -0.2) is 15.2 Å². The molecule has 14 heavy (non-hydrogen) atoms. The molecule has 2 heterocycles. The van der Waals surface area contributed by atoms with E-state index < -0.39 is 0 Å². The number of nitrogens with one attached hydrogen (secondary N) is 1. The molecule has 2 aromatic heterocycles. The normalized spacial score (nSPS) is 10.4. The zero-order chi connectivity index (χ0) is 9.97. The second-order valence-corrected chi connectivity index (χ2v) is 3.51. The summed E-state index contributed by atoms with van der Waals surface area (Å²) >= 11 is 1.46. The molecule has 0 aliphatic carbocycles. The summed E-state index contributed by atoms with van der Waals surface area (Å²) in [7, 11) is 0. The zero-order valence-corrected chi connectivity index (χ0v) is 8.04. The van der Waals surface area contributed by atoms with Gasteiger partial charge >= 0.3 is 0 Å². The number of nitrogens with zero attached hydrogens (tertiary/aromatic N) is 2. The van der Waals surface area contributed by atoms with Crippen molar-refractivity contribution in [1.82, 2.24) is 15.2 Å². The van der Waals surface area contributed by atoms with Gasteiger partial charge in [0.15, 0.2) is 0 Å². The molecule has 3 N–H and O–H groups in total. The lowest BCUT2D eigenvalue weighted by molar-refractivity contribution is 0.980. The van der Waals surface area contributed by atoms with Crippen LogP contribution in [0.1, 0.15) is 5.69 Å². The standard InChI is InChI=1S/C8H8N4OS/c9-3-5-4-14-8(10-5)6-1-2-7(13)12-11-6/h1-2,4H,3,9H2,(H,12,13). The largest absolute Gasteiger partial charge is 0.325 e. The zero-order valence-electron chi connectivity index (χ0n) is 7.23. The van der Waals surface area contributed by atoms with Gasteiger partial charge in [-0.25, -0.2) is 10.1 Å². The van der Waals surface area contributed by atoms with Gasteiger partial charge in [-0.1, -0.05) is 0 Å². The fourth-order valence-electron chi connectivity index (χ4n) is 0.982. The van der Waals surface area contributed by atoms with Crippen molar-refractivity contribution in [2.45, 2.75) is 6.54 Å². The number of nitrogens with two attached hydrogens (primary N) is 1. The first kappa shape index (κ1) is 9.04. The third kappa shape index (κ3) is 1.70. The van der Waals surface area contributed by atoms with Crippen LogP contribution in [-0.2, 0) is 6.54 Å². The van der Waals surface area contributed by atoms with Crippen LogP contribution in [0.4, 0.5) is 0 Å². The summed E-state index contributed by atoms with van der Waals surface area (Å²) in [6.45, 7) is 0.417. The van der Waals surface area contributed by atoms with Crippen LogP contribution < -0.4 is 11.3 Å². The van der Waals surface area contributed by atoms with Gasteiger partial charge in [-0.2, -0.15) is 5.10 Å². The summed E-state index contributed by atoms with van der Waals surface area (Å²) in [6.07, 6.45) is 0. The summed E-state index contributed by atoms with van der Waals surface area (Å²) in [5.41, 5.74) is 6.71. The number of rotatable bonds is 2. The SMILES string of the molecule is NCc1csc(-c2ccc(=O)[nH]n2)n1. The monoisotopic (exact) mass is 208 g/mol. The smallest absolute Gasteiger partial charge is 0.264 e. The molecule has 0 amide bonds. The molecule has 0 aromatic carbocycles. The second kappa shape index (κ2) is 3.69. The summed E-state index contributed by atoms with van der Waals surface area (Å²) in [6, 6.07) is 3.06. The molecule has 0 bridgehead atoms. The maximum atomic E-state index is 10.8. The Balaban J connectivity index is 2.39. The van der Waals surface area contributed by atoms with Crippen LogP contribution in [0.25, 0.3) is 10.7 Å². The van der Waals surface area contributed by atoms with Crippen molar-refractivity contribution in [3.8, 4) is 10.7 Å². The summed E-state index contributed by atoms with van der Waals surface area (Å²) in [5, 5.41) is 8.86. The molecule has 0 aliphatic rings. The minimum absolute atomic E-state index is 0.218. The predicted octanol–water partition coefficient (Wildman–Crippen LogP) is 0.352. The molecule has 6 heteroatoms. The lowest BCUT2D eigenvalue weighted by Crippen LogP contribution is -2.05. The fourth-order valence-corrected chi connectivity index (χ4v) is 1.78. The fraction of sp³-hybridized carbons (Fsp3) is 0.125. The third-order valence-corrected chi connectivity index (χ3v) is 2.57. The highest BCUT2D eigenvalue weighted by atomic mass is 32.1. The lowest BCUT2D eigenvalue weighted by atomic mass is 10.4. The Morgan fingerprint density at radius 1 is 1.50 bits per heavy atom. The average molecular weight is 208 g/mol. The first-order chi connectivity index (χ1) is 6.79. The van der Waals surface area contributed by atoms with Crippen LogP contribution in [0, 0.1) is 0 Å². The van der Waals surface area contributed by atoms with Crippen LogP contribution in [0.2, 0.25) is 0 Å². The lowest BCUT2D eigenvalue weighted by Gasteiger charge is -1.91. The highest BCUT2D eigenvalue weighted by molar-refractivity contribution is 7.13. The van der Waals surface area contributed by atoms with Crippen molar-refractivity contribution in [2.75, 3.05) is 0 Å². The molecule has 0 unspecified atom stereocenters. The predicted molar refractivity (Wildman–Crippen MR) is 53.9 cm³/mol. The molecular weight excluding hydrogens is 200 g/mol. The van der Waals surface area contributed by atoms with Gasteiger partial charge in [0, 0.05) is 18.0 Å². The molecule has 2 aromatic rings. The highest BCUT2D eigenvalue weighted by Crippen LogP contribution is 2.19. The van der Waals surface area contributed by atoms with Gasteiger partial charge in [-0.3, -0.25) is 4.79 Å². The van der Waals surface area contributed by atoms with Crippen molar-refractivity contribution in [1.29, 1.82) is 0 Å². The molecule has 0 saturated heterocycles. The minimum atomic E-state index is -0.218. The van der Waals surface area contributed by atoms with Gasteiger partial charge in [0.2, 0.25) is 0 Å². The number of H-pyrrole nitrogens is 1. The maximum absolute atomic E-state index is 10.8. The van der Waals surface area contributed by atoms with Crippen molar-refractivity contribution in [2.24, 2.45) is 5.73 Å². The van der Waals surface area contributed by atoms with Gasteiger partial charge < -0.3 is 5.73 Å². The molecule has 0 radical (unpaired) electrons.